The molecule has 0 saturated heterocycles. The molecule has 0 fully saturated rings. The second-order valence-electron chi connectivity index (χ2n) is 8.47. The van der Waals surface area contributed by atoms with Crippen LogP contribution in [0.1, 0.15) is 47.0 Å². The van der Waals surface area contributed by atoms with E-state index in [0.717, 1.165) is 0 Å². The Kier molecular flexibility index (Phi) is 5.12. The lowest BCUT2D eigenvalue weighted by molar-refractivity contribution is -0.190. The molecule has 0 aromatic heterocycles. The number of carboxylic acid groups (broad SMARTS) is 2. The lowest BCUT2D eigenvalue weighted by Gasteiger charge is -2.54. The molecule has 0 radical (unpaired) electrons. The van der Waals surface area contributed by atoms with Gasteiger partial charge in [0.05, 0.1) is 16.6 Å². The Morgan fingerprint density at radius 1 is 1.22 bits per heavy atom. The van der Waals surface area contributed by atoms with Gasteiger partial charge in [0, 0.05) is 6.42 Å². The highest BCUT2D eigenvalue weighted by Crippen LogP contribution is 2.61. The van der Waals surface area contributed by atoms with Crippen LogP contribution in [-0.2, 0) is 14.0 Å². The van der Waals surface area contributed by atoms with Gasteiger partial charge < -0.3 is 14.6 Å². The fourth-order valence-electron chi connectivity index (χ4n) is 3.89. The quantitative estimate of drug-likeness (QED) is 0.734. The topological polar surface area (TPSA) is 83.8 Å². The summed E-state index contributed by atoms with van der Waals surface area (Å²) >= 11 is 0. The van der Waals surface area contributed by atoms with Gasteiger partial charge in [0.25, 0.3) is 0 Å². The normalized spacial score (nSPS) is 28.9. The first-order valence-electron chi connectivity index (χ1n) is 8.08. The standard InChI is InChI=1S/C17H30O5Si/c1-8-16(13(18)19)10-9-12(22-23(5,6)7)11-17(16,14(20)21)15(2,3)4/h9H,8,10-11H2,1-7H3,(H,18,19)(H,20,21). The second kappa shape index (κ2) is 5.96. The highest BCUT2D eigenvalue weighted by Gasteiger charge is 2.67. The largest absolute Gasteiger partial charge is 0.548 e. The third-order valence-electron chi connectivity index (χ3n) is 5.03. The minimum atomic E-state index is -1.89. The van der Waals surface area contributed by atoms with Crippen LogP contribution in [0.25, 0.3) is 0 Å². The highest BCUT2D eigenvalue weighted by molar-refractivity contribution is 6.70. The van der Waals surface area contributed by atoms with Gasteiger partial charge in [-0.05, 0) is 44.0 Å². The molecule has 0 aromatic carbocycles. The van der Waals surface area contributed by atoms with E-state index in [1.165, 1.54) is 0 Å². The van der Waals surface area contributed by atoms with Crippen LogP contribution < -0.4 is 0 Å². The molecule has 0 heterocycles. The molecule has 0 aliphatic heterocycles. The average molecular weight is 343 g/mol. The molecule has 2 N–H and O–H groups in total. The van der Waals surface area contributed by atoms with E-state index in [2.05, 4.69) is 0 Å². The van der Waals surface area contributed by atoms with Gasteiger partial charge in [0.2, 0.25) is 8.32 Å². The molecule has 0 bridgehead atoms. The molecule has 0 spiro atoms. The molecule has 23 heavy (non-hydrogen) atoms. The summed E-state index contributed by atoms with van der Waals surface area (Å²) in [5, 5.41) is 20.1. The van der Waals surface area contributed by atoms with Gasteiger partial charge in [0.1, 0.15) is 0 Å². The van der Waals surface area contributed by atoms with E-state index in [0.29, 0.717) is 5.76 Å². The van der Waals surface area contributed by atoms with Gasteiger partial charge >= 0.3 is 11.9 Å². The SMILES string of the molecule is CCC1(C(=O)O)CC=C(O[Si](C)(C)C)CC1(C(=O)O)C(C)(C)C. The van der Waals surface area contributed by atoms with Gasteiger partial charge in [-0.25, -0.2) is 0 Å². The Hall–Kier alpha value is -1.30. The van der Waals surface area contributed by atoms with Crippen LogP contribution >= 0.6 is 0 Å². The van der Waals surface area contributed by atoms with Crippen LogP contribution in [0.2, 0.25) is 19.6 Å². The smallest absolute Gasteiger partial charge is 0.311 e. The van der Waals surface area contributed by atoms with Crippen LogP contribution in [0, 0.1) is 16.2 Å². The Morgan fingerprint density at radius 3 is 2.04 bits per heavy atom. The first-order chi connectivity index (χ1) is 10.2. The van der Waals surface area contributed by atoms with Crippen molar-refractivity contribution in [1.29, 1.82) is 0 Å². The van der Waals surface area contributed by atoms with E-state index < -0.39 is 36.5 Å². The van der Waals surface area contributed by atoms with E-state index >= 15 is 0 Å². The zero-order chi connectivity index (χ0) is 18.3. The van der Waals surface area contributed by atoms with Crippen molar-refractivity contribution in [3.63, 3.8) is 0 Å². The number of carboxylic acids is 2. The lowest BCUT2D eigenvalue weighted by atomic mass is 9.47. The Balaban J connectivity index is 3.59. The lowest BCUT2D eigenvalue weighted by Crippen LogP contribution is -2.60. The number of hydrogen-bond donors (Lipinski definition) is 2. The van der Waals surface area contributed by atoms with Gasteiger partial charge in [-0.1, -0.05) is 27.7 Å². The van der Waals surface area contributed by atoms with Gasteiger partial charge in [0.15, 0.2) is 0 Å². The van der Waals surface area contributed by atoms with Crippen LogP contribution in [0.5, 0.6) is 0 Å². The minimum absolute atomic E-state index is 0.121. The second-order valence-corrected chi connectivity index (χ2v) is 12.9. The van der Waals surface area contributed by atoms with Crippen LogP contribution in [-0.4, -0.2) is 30.5 Å². The van der Waals surface area contributed by atoms with Crippen molar-refractivity contribution in [1.82, 2.24) is 0 Å². The first-order valence-corrected chi connectivity index (χ1v) is 11.5. The van der Waals surface area contributed by atoms with Crippen molar-refractivity contribution < 1.29 is 24.2 Å². The number of hydrogen-bond acceptors (Lipinski definition) is 3. The third kappa shape index (κ3) is 3.18. The number of allylic oxidation sites excluding steroid dienone is 2. The summed E-state index contributed by atoms with van der Waals surface area (Å²) in [6.45, 7) is 13.3. The molecule has 0 amide bonds. The van der Waals surface area contributed by atoms with Crippen molar-refractivity contribution >= 4 is 20.3 Å². The predicted octanol–water partition coefficient (Wildman–Crippen LogP) is 4.11. The minimum Gasteiger partial charge on any atom is -0.548 e. The van der Waals surface area contributed by atoms with Gasteiger partial charge in [-0.2, -0.15) is 0 Å². The van der Waals surface area contributed by atoms with E-state index in [9.17, 15) is 19.8 Å². The maximum Gasteiger partial charge on any atom is 0.311 e. The van der Waals surface area contributed by atoms with E-state index in [4.69, 9.17) is 4.43 Å². The predicted molar refractivity (Wildman–Crippen MR) is 91.6 cm³/mol. The van der Waals surface area contributed by atoms with E-state index in [1.54, 1.807) is 13.0 Å². The maximum absolute atomic E-state index is 12.4. The highest BCUT2D eigenvalue weighted by atomic mass is 28.4. The molecule has 5 nitrogen and oxygen atoms in total. The van der Waals surface area contributed by atoms with Crippen molar-refractivity contribution in [2.45, 2.75) is 66.6 Å². The summed E-state index contributed by atoms with van der Waals surface area (Å²) in [5.74, 6) is -1.47. The first kappa shape index (κ1) is 19.7. The zero-order valence-corrected chi connectivity index (χ0v) is 16.3. The van der Waals surface area contributed by atoms with Gasteiger partial charge in [-0.15, -0.1) is 0 Å². The monoisotopic (exact) mass is 342 g/mol. The Labute approximate surface area is 139 Å². The van der Waals surface area contributed by atoms with Gasteiger partial charge in [-0.3, -0.25) is 9.59 Å². The molecule has 1 aliphatic rings. The van der Waals surface area contributed by atoms with Crippen LogP contribution in [0.15, 0.2) is 11.8 Å². The fourth-order valence-corrected chi connectivity index (χ4v) is 4.83. The van der Waals surface area contributed by atoms with E-state index in [-0.39, 0.29) is 19.3 Å². The maximum atomic E-state index is 12.4. The molecular weight excluding hydrogens is 312 g/mol. The number of rotatable bonds is 5. The zero-order valence-electron chi connectivity index (χ0n) is 15.3. The van der Waals surface area contributed by atoms with Crippen molar-refractivity contribution in [2.75, 3.05) is 0 Å². The molecule has 2 unspecified atom stereocenters. The van der Waals surface area contributed by atoms with Crippen LogP contribution in [0.3, 0.4) is 0 Å². The summed E-state index contributed by atoms with van der Waals surface area (Å²) in [5.41, 5.74) is -3.47. The number of aliphatic carboxylic acids is 2. The molecule has 132 valence electrons. The number of carbonyl (C=O) groups is 2. The fraction of sp³-hybridized carbons (Fsp3) is 0.765. The average Bonchev–Trinajstić information content (AvgIpc) is 2.34. The van der Waals surface area contributed by atoms with Crippen molar-refractivity contribution in [3.8, 4) is 0 Å². The van der Waals surface area contributed by atoms with Crippen LogP contribution in [0.4, 0.5) is 0 Å². The summed E-state index contributed by atoms with van der Waals surface area (Å²) < 4.78 is 6.04. The van der Waals surface area contributed by atoms with Crippen molar-refractivity contribution in [3.05, 3.63) is 11.8 Å². The third-order valence-corrected chi connectivity index (χ3v) is 5.90. The summed E-state index contributed by atoms with van der Waals surface area (Å²) in [6.07, 6.45) is 2.36. The summed E-state index contributed by atoms with van der Waals surface area (Å²) in [4.78, 5) is 24.5. The summed E-state index contributed by atoms with van der Waals surface area (Å²) in [6, 6.07) is 0. The molecular formula is C17H30O5Si. The molecule has 0 saturated carbocycles. The summed E-state index contributed by atoms with van der Waals surface area (Å²) in [7, 11) is -1.89. The Morgan fingerprint density at radius 2 is 1.74 bits per heavy atom. The molecule has 6 heteroatoms. The molecule has 2 atom stereocenters. The van der Waals surface area contributed by atoms with Crippen molar-refractivity contribution in [2.24, 2.45) is 16.2 Å². The molecule has 1 aliphatic carbocycles. The Bertz CT molecular complexity index is 526. The molecule has 1 rings (SSSR count). The molecule has 0 aromatic rings. The van der Waals surface area contributed by atoms with E-state index in [1.807, 2.05) is 40.4 Å².